The number of thioether (sulfide) groups is 1. The van der Waals surface area contributed by atoms with Crippen LogP contribution in [0.5, 0.6) is 0 Å². The van der Waals surface area contributed by atoms with Gasteiger partial charge in [0, 0.05) is 28.7 Å². The average molecular weight is 380 g/mol. The molecule has 0 N–H and O–H groups in total. The normalized spacial score (nSPS) is 14.9. The lowest BCUT2D eigenvalue weighted by molar-refractivity contribution is -0.123. The Bertz CT molecular complexity index is 1010. The molecule has 0 unspecified atom stereocenters. The first kappa shape index (κ1) is 17.0. The number of hydrazone groups is 1. The van der Waals surface area contributed by atoms with E-state index in [9.17, 15) is 4.79 Å². The Balaban J connectivity index is 1.77. The summed E-state index contributed by atoms with van der Waals surface area (Å²) in [7, 11) is 0. The fourth-order valence-electron chi connectivity index (χ4n) is 3.17. The molecule has 2 heterocycles. The third-order valence-electron chi connectivity index (χ3n) is 4.49. The van der Waals surface area contributed by atoms with Crippen molar-refractivity contribution in [3.05, 3.63) is 71.4 Å². The maximum absolute atomic E-state index is 11.9. The Morgan fingerprint density at radius 2 is 1.88 bits per heavy atom. The number of amides is 1. The van der Waals surface area contributed by atoms with Gasteiger partial charge in [-0.3, -0.25) is 4.79 Å². The molecule has 1 saturated heterocycles. The minimum Gasteiger partial charge on any atom is -0.340 e. The predicted molar refractivity (Wildman–Crippen MR) is 112 cm³/mol. The number of rotatable bonds is 4. The van der Waals surface area contributed by atoms with E-state index in [0.29, 0.717) is 10.1 Å². The van der Waals surface area contributed by atoms with Gasteiger partial charge in [-0.15, -0.1) is 0 Å². The van der Waals surface area contributed by atoms with Gasteiger partial charge in [-0.1, -0.05) is 72.5 Å². The van der Waals surface area contributed by atoms with E-state index in [2.05, 4.69) is 53.0 Å². The predicted octanol–water partition coefficient (Wildman–Crippen LogP) is 4.19. The van der Waals surface area contributed by atoms with Gasteiger partial charge in [-0.25, -0.2) is 0 Å². The summed E-state index contributed by atoms with van der Waals surface area (Å²) in [5, 5.41) is 6.81. The summed E-state index contributed by atoms with van der Waals surface area (Å²) in [6.45, 7) is 2.88. The lowest BCUT2D eigenvalue weighted by Crippen LogP contribution is -2.22. The van der Waals surface area contributed by atoms with Crippen LogP contribution in [-0.4, -0.2) is 31.8 Å². The molecule has 2 aromatic carbocycles. The lowest BCUT2D eigenvalue weighted by Gasteiger charge is -2.09. The van der Waals surface area contributed by atoms with Crippen molar-refractivity contribution in [2.45, 2.75) is 13.5 Å². The third-order valence-corrected chi connectivity index (χ3v) is 5.83. The first-order chi connectivity index (χ1) is 12.6. The largest absolute Gasteiger partial charge is 0.340 e. The number of hydrogen-bond donors (Lipinski definition) is 0. The molecule has 1 fully saturated rings. The van der Waals surface area contributed by atoms with Crippen molar-refractivity contribution in [3.8, 4) is 0 Å². The first-order valence-corrected chi connectivity index (χ1v) is 9.70. The van der Waals surface area contributed by atoms with E-state index in [1.54, 1.807) is 6.21 Å². The van der Waals surface area contributed by atoms with E-state index >= 15 is 0 Å². The van der Waals surface area contributed by atoms with E-state index in [-0.39, 0.29) is 5.91 Å². The summed E-state index contributed by atoms with van der Waals surface area (Å²) < 4.78 is 2.79. The fourth-order valence-corrected chi connectivity index (χ4v) is 4.13. The maximum Gasteiger partial charge on any atom is 0.259 e. The molecule has 26 heavy (non-hydrogen) atoms. The second kappa shape index (κ2) is 7.05. The second-order valence-corrected chi connectivity index (χ2v) is 7.70. The Kier molecular flexibility index (Phi) is 4.61. The number of carbonyl (C=O) groups excluding carboxylic acids is 1. The molecule has 1 amide bonds. The summed E-state index contributed by atoms with van der Waals surface area (Å²) >= 11 is 6.55. The molecule has 4 nitrogen and oxygen atoms in total. The van der Waals surface area contributed by atoms with E-state index in [1.807, 2.05) is 18.2 Å². The highest BCUT2D eigenvalue weighted by molar-refractivity contribution is 8.23. The zero-order valence-electron chi connectivity index (χ0n) is 14.3. The number of nitrogens with zero attached hydrogens (tertiary/aromatic N) is 3. The van der Waals surface area contributed by atoms with Crippen molar-refractivity contribution in [3.63, 3.8) is 0 Å². The van der Waals surface area contributed by atoms with Crippen LogP contribution in [-0.2, 0) is 11.3 Å². The van der Waals surface area contributed by atoms with Gasteiger partial charge in [0.05, 0.1) is 12.0 Å². The van der Waals surface area contributed by atoms with Crippen molar-refractivity contribution in [2.24, 2.45) is 5.10 Å². The third kappa shape index (κ3) is 3.06. The van der Waals surface area contributed by atoms with Crippen molar-refractivity contribution in [1.82, 2.24) is 9.58 Å². The van der Waals surface area contributed by atoms with E-state index in [0.717, 1.165) is 28.7 Å². The lowest BCUT2D eigenvalue weighted by atomic mass is 10.1. The average Bonchev–Trinajstić information content (AvgIpc) is 3.12. The summed E-state index contributed by atoms with van der Waals surface area (Å²) in [6, 6.07) is 18.6. The summed E-state index contributed by atoms with van der Waals surface area (Å²) in [6.07, 6.45) is 1.76. The van der Waals surface area contributed by atoms with Crippen LogP contribution >= 0.6 is 24.0 Å². The molecule has 130 valence electrons. The van der Waals surface area contributed by atoms with Crippen molar-refractivity contribution in [1.29, 1.82) is 0 Å². The number of benzene rings is 2. The molecule has 6 heteroatoms. The van der Waals surface area contributed by atoms with E-state index in [1.165, 1.54) is 22.3 Å². The highest BCUT2D eigenvalue weighted by Crippen LogP contribution is 2.26. The van der Waals surface area contributed by atoms with Gasteiger partial charge in [0.1, 0.15) is 0 Å². The minimum absolute atomic E-state index is 0.0677. The molecule has 4 rings (SSSR count). The SMILES string of the molecule is Cc1c(/C=N\N2C(=O)CSC2=S)c2ccccc2n1Cc1ccccc1. The zero-order valence-corrected chi connectivity index (χ0v) is 15.9. The van der Waals surface area contributed by atoms with Crippen molar-refractivity contribution < 1.29 is 4.79 Å². The molecule has 0 radical (unpaired) electrons. The highest BCUT2D eigenvalue weighted by Gasteiger charge is 2.26. The van der Waals surface area contributed by atoms with Gasteiger partial charge < -0.3 is 4.57 Å². The van der Waals surface area contributed by atoms with Gasteiger partial charge >= 0.3 is 0 Å². The van der Waals surface area contributed by atoms with Crippen LogP contribution in [0.15, 0.2) is 59.7 Å². The number of para-hydroxylation sites is 1. The van der Waals surface area contributed by atoms with E-state index < -0.39 is 0 Å². The van der Waals surface area contributed by atoms with Crippen LogP contribution in [0.2, 0.25) is 0 Å². The number of hydrogen-bond acceptors (Lipinski definition) is 4. The van der Waals surface area contributed by atoms with Crippen LogP contribution in [0.4, 0.5) is 0 Å². The molecule has 1 aliphatic heterocycles. The molecule has 0 bridgehead atoms. The van der Waals surface area contributed by atoms with Crippen LogP contribution in [0.3, 0.4) is 0 Å². The molecule has 0 spiro atoms. The minimum atomic E-state index is -0.0677. The number of fused-ring (bicyclic) bond motifs is 1. The molecule has 0 aliphatic carbocycles. The Labute approximate surface area is 161 Å². The number of aromatic nitrogens is 1. The standard InChI is InChI=1S/C20H17N3OS2/c1-14-17(11-21-23-19(24)13-26-20(23)25)16-9-5-6-10-18(16)22(14)12-15-7-3-2-4-8-15/h2-11H,12-13H2,1H3/b21-11-. The molecule has 0 atom stereocenters. The second-order valence-electron chi connectivity index (χ2n) is 6.09. The summed E-state index contributed by atoms with van der Waals surface area (Å²) in [4.78, 5) is 11.9. The topological polar surface area (TPSA) is 37.6 Å². The Morgan fingerprint density at radius 1 is 1.15 bits per heavy atom. The highest BCUT2D eigenvalue weighted by atomic mass is 32.2. The molecule has 0 saturated carbocycles. The molecular formula is C20H17N3OS2. The van der Waals surface area contributed by atoms with Crippen molar-refractivity contribution >= 4 is 51.3 Å². The maximum atomic E-state index is 11.9. The van der Waals surface area contributed by atoms with Crippen LogP contribution in [0, 0.1) is 6.92 Å². The zero-order chi connectivity index (χ0) is 18.1. The summed E-state index contributed by atoms with van der Waals surface area (Å²) in [5.41, 5.74) is 4.53. The fraction of sp³-hybridized carbons (Fsp3) is 0.150. The van der Waals surface area contributed by atoms with Crippen LogP contribution in [0.25, 0.3) is 10.9 Å². The van der Waals surface area contributed by atoms with E-state index in [4.69, 9.17) is 12.2 Å². The van der Waals surface area contributed by atoms with Gasteiger partial charge in [0.2, 0.25) is 0 Å². The van der Waals surface area contributed by atoms with Gasteiger partial charge in [-0.2, -0.15) is 10.1 Å². The van der Waals surface area contributed by atoms with Crippen LogP contribution < -0.4 is 0 Å². The van der Waals surface area contributed by atoms with Gasteiger partial charge in [-0.05, 0) is 18.6 Å². The Morgan fingerprint density at radius 3 is 2.62 bits per heavy atom. The molecule has 3 aromatic rings. The molecule has 1 aromatic heterocycles. The van der Waals surface area contributed by atoms with Gasteiger partial charge in [0.15, 0.2) is 4.32 Å². The summed E-state index contributed by atoms with van der Waals surface area (Å²) in [5.74, 6) is 0.298. The number of carbonyl (C=O) groups is 1. The van der Waals surface area contributed by atoms with Gasteiger partial charge in [0.25, 0.3) is 5.91 Å². The van der Waals surface area contributed by atoms with Crippen LogP contribution in [0.1, 0.15) is 16.8 Å². The monoisotopic (exact) mass is 379 g/mol. The van der Waals surface area contributed by atoms with Crippen molar-refractivity contribution in [2.75, 3.05) is 5.75 Å². The smallest absolute Gasteiger partial charge is 0.259 e. The quantitative estimate of drug-likeness (QED) is 0.504. The molecule has 1 aliphatic rings. The Hall–Kier alpha value is -2.44. The number of thiocarbonyl (C=S) groups is 1. The molecular weight excluding hydrogens is 362 g/mol. The first-order valence-electron chi connectivity index (χ1n) is 8.30.